The summed E-state index contributed by atoms with van der Waals surface area (Å²) in [7, 11) is 0. The summed E-state index contributed by atoms with van der Waals surface area (Å²) in [6, 6.07) is 10.0. The Balaban J connectivity index is 1.86. The molecule has 3 rings (SSSR count). The van der Waals surface area contributed by atoms with Gasteiger partial charge in [0.2, 0.25) is 0 Å². The van der Waals surface area contributed by atoms with Crippen molar-refractivity contribution in [2.45, 2.75) is 0 Å². The minimum atomic E-state index is -0.314. The van der Waals surface area contributed by atoms with Crippen molar-refractivity contribution in [1.82, 2.24) is 15.2 Å². The van der Waals surface area contributed by atoms with E-state index in [1.165, 1.54) is 12.1 Å². The molecule has 6 heteroatoms. The Morgan fingerprint density at radius 3 is 2.84 bits per heavy atom. The van der Waals surface area contributed by atoms with Gasteiger partial charge in [0, 0.05) is 23.3 Å². The largest absolute Gasteiger partial charge is 0.361 e. The molecule has 1 amide bonds. The van der Waals surface area contributed by atoms with E-state index < -0.39 is 0 Å². The van der Waals surface area contributed by atoms with Gasteiger partial charge in [-0.1, -0.05) is 6.07 Å². The summed E-state index contributed by atoms with van der Waals surface area (Å²) < 4.78 is 0. The topological polar surface area (TPSA) is 90.6 Å². The third-order valence-corrected chi connectivity index (χ3v) is 2.74. The fraction of sp³-hybridized carbons (Fsp3) is 0. The molecule has 0 spiro atoms. The normalized spacial score (nSPS) is 10.5. The lowest BCUT2D eigenvalue weighted by atomic mass is 10.1. The van der Waals surface area contributed by atoms with E-state index >= 15 is 0 Å². The van der Waals surface area contributed by atoms with Crippen LogP contribution < -0.4 is 10.9 Å². The number of nitrogens with one attached hydrogen (secondary N) is 3. The van der Waals surface area contributed by atoms with Crippen LogP contribution in [0.15, 0.2) is 47.4 Å². The quantitative estimate of drug-likeness (QED) is 0.647. The van der Waals surface area contributed by atoms with Gasteiger partial charge in [-0.05, 0) is 29.7 Å². The molecule has 0 bridgehead atoms. The van der Waals surface area contributed by atoms with Crippen molar-refractivity contribution in [3.8, 4) is 0 Å². The fourth-order valence-electron chi connectivity index (χ4n) is 1.79. The lowest BCUT2D eigenvalue weighted by molar-refractivity contribution is 0.102. The van der Waals surface area contributed by atoms with Gasteiger partial charge in [-0.3, -0.25) is 9.59 Å². The van der Waals surface area contributed by atoms with Crippen LogP contribution in [0, 0.1) is 0 Å². The van der Waals surface area contributed by atoms with E-state index in [2.05, 4.69) is 20.5 Å². The number of anilines is 1. The molecule has 3 aromatic rings. The number of hydrogen-bond acceptors (Lipinski definition) is 3. The maximum Gasteiger partial charge on any atom is 0.264 e. The highest BCUT2D eigenvalue weighted by molar-refractivity contribution is 6.05. The Morgan fingerprint density at radius 2 is 2.05 bits per heavy atom. The van der Waals surface area contributed by atoms with Gasteiger partial charge in [0.05, 0.1) is 0 Å². The summed E-state index contributed by atoms with van der Waals surface area (Å²) in [6.07, 6.45) is 1.82. The maximum atomic E-state index is 12.0. The average Bonchev–Trinajstić information content (AvgIpc) is 2.88. The first-order valence-electron chi connectivity index (χ1n) is 5.66. The number of carbonyl (C=O) groups excluding carboxylic acids is 1. The zero-order valence-electron chi connectivity index (χ0n) is 9.81. The molecular formula is C13H10N4O2. The second kappa shape index (κ2) is 4.41. The molecule has 0 saturated carbocycles. The number of nitrogens with zero attached hydrogens (tertiary/aromatic N) is 1. The third-order valence-electron chi connectivity index (χ3n) is 2.74. The highest BCUT2D eigenvalue weighted by Crippen LogP contribution is 2.14. The van der Waals surface area contributed by atoms with Crippen LogP contribution in [0.1, 0.15) is 10.4 Å². The van der Waals surface area contributed by atoms with Crippen LogP contribution in [0.25, 0.3) is 10.9 Å². The zero-order chi connectivity index (χ0) is 13.2. The zero-order valence-corrected chi connectivity index (χ0v) is 9.81. The Morgan fingerprint density at radius 1 is 1.16 bits per heavy atom. The van der Waals surface area contributed by atoms with E-state index in [4.69, 9.17) is 0 Å². The molecule has 0 saturated heterocycles. The van der Waals surface area contributed by atoms with Gasteiger partial charge < -0.3 is 10.3 Å². The van der Waals surface area contributed by atoms with Crippen molar-refractivity contribution < 1.29 is 4.79 Å². The standard InChI is InChI=1S/C13H10N4O2/c18-12-4-3-11(16-17-12)15-13(19)9-2-1-8-5-6-14-10(8)7-9/h1-7,14H,(H,17,18)(H,15,16,19). The molecule has 0 aliphatic rings. The molecule has 0 aliphatic carbocycles. The molecule has 0 radical (unpaired) electrons. The number of amides is 1. The predicted octanol–water partition coefficient (Wildman–Crippen LogP) is 1.50. The van der Waals surface area contributed by atoms with Crippen LogP contribution in [0.3, 0.4) is 0 Å². The van der Waals surface area contributed by atoms with Gasteiger partial charge in [0.15, 0.2) is 5.82 Å². The number of aromatic amines is 2. The highest BCUT2D eigenvalue weighted by Gasteiger charge is 2.08. The molecular weight excluding hydrogens is 244 g/mol. The number of H-pyrrole nitrogens is 2. The van der Waals surface area contributed by atoms with Crippen molar-refractivity contribution in [1.29, 1.82) is 0 Å². The van der Waals surface area contributed by atoms with Crippen molar-refractivity contribution in [2.24, 2.45) is 0 Å². The van der Waals surface area contributed by atoms with E-state index in [-0.39, 0.29) is 11.5 Å². The van der Waals surface area contributed by atoms with E-state index in [1.807, 2.05) is 18.3 Å². The Hall–Kier alpha value is -2.89. The first kappa shape index (κ1) is 11.2. The number of hydrogen-bond donors (Lipinski definition) is 3. The first-order chi connectivity index (χ1) is 9.22. The number of fused-ring (bicyclic) bond motifs is 1. The van der Waals surface area contributed by atoms with E-state index in [1.54, 1.807) is 12.1 Å². The molecule has 94 valence electrons. The number of aromatic nitrogens is 3. The molecule has 1 aromatic carbocycles. The Bertz CT molecular complexity index is 783. The minimum Gasteiger partial charge on any atom is -0.361 e. The Labute approximate surface area is 107 Å². The highest BCUT2D eigenvalue weighted by atomic mass is 16.2. The second-order valence-corrected chi connectivity index (χ2v) is 4.04. The van der Waals surface area contributed by atoms with Crippen LogP contribution in [0.4, 0.5) is 5.82 Å². The summed E-state index contributed by atoms with van der Waals surface area (Å²) in [4.78, 5) is 25.9. The van der Waals surface area contributed by atoms with Crippen molar-refractivity contribution in [2.75, 3.05) is 5.32 Å². The average molecular weight is 254 g/mol. The van der Waals surface area contributed by atoms with Crippen LogP contribution >= 0.6 is 0 Å². The lowest BCUT2D eigenvalue weighted by Crippen LogP contribution is -2.15. The van der Waals surface area contributed by atoms with Crippen LogP contribution in [-0.4, -0.2) is 21.1 Å². The SMILES string of the molecule is O=C(Nc1ccc(=O)[nH]n1)c1ccc2cc[nH]c2c1. The van der Waals surface area contributed by atoms with E-state index in [0.717, 1.165) is 10.9 Å². The van der Waals surface area contributed by atoms with Crippen LogP contribution in [0.2, 0.25) is 0 Å². The van der Waals surface area contributed by atoms with Gasteiger partial charge in [-0.25, -0.2) is 5.10 Å². The summed E-state index contributed by atoms with van der Waals surface area (Å²) in [6.45, 7) is 0. The lowest BCUT2D eigenvalue weighted by Gasteiger charge is -2.03. The van der Waals surface area contributed by atoms with Gasteiger partial charge in [-0.15, -0.1) is 0 Å². The van der Waals surface area contributed by atoms with Crippen LogP contribution in [-0.2, 0) is 0 Å². The second-order valence-electron chi connectivity index (χ2n) is 4.04. The molecule has 6 nitrogen and oxygen atoms in total. The molecule has 0 fully saturated rings. The van der Waals surface area contributed by atoms with E-state index in [0.29, 0.717) is 11.4 Å². The van der Waals surface area contributed by atoms with Crippen molar-refractivity contribution in [3.05, 3.63) is 58.5 Å². The molecule has 3 N–H and O–H groups in total. The Kier molecular flexibility index (Phi) is 2.60. The molecule has 0 aliphatic heterocycles. The van der Waals surface area contributed by atoms with Gasteiger partial charge in [0.1, 0.15) is 0 Å². The number of rotatable bonds is 2. The molecule has 0 atom stereocenters. The minimum absolute atomic E-state index is 0.281. The maximum absolute atomic E-state index is 12.0. The van der Waals surface area contributed by atoms with E-state index in [9.17, 15) is 9.59 Å². The van der Waals surface area contributed by atoms with Crippen LogP contribution in [0.5, 0.6) is 0 Å². The van der Waals surface area contributed by atoms with Gasteiger partial charge >= 0.3 is 0 Å². The summed E-state index contributed by atoms with van der Waals surface area (Å²) in [5.74, 6) is 0.0206. The summed E-state index contributed by atoms with van der Waals surface area (Å²) in [5, 5.41) is 9.62. The molecule has 19 heavy (non-hydrogen) atoms. The molecule has 2 heterocycles. The van der Waals surface area contributed by atoms with Crippen molar-refractivity contribution >= 4 is 22.6 Å². The fourth-order valence-corrected chi connectivity index (χ4v) is 1.79. The first-order valence-corrected chi connectivity index (χ1v) is 5.66. The van der Waals surface area contributed by atoms with Gasteiger partial charge in [0.25, 0.3) is 11.5 Å². The molecule has 2 aromatic heterocycles. The monoisotopic (exact) mass is 254 g/mol. The summed E-state index contributed by atoms with van der Waals surface area (Å²) in [5.41, 5.74) is 1.09. The van der Waals surface area contributed by atoms with Gasteiger partial charge in [-0.2, -0.15) is 5.10 Å². The summed E-state index contributed by atoms with van der Waals surface area (Å²) >= 11 is 0. The molecule has 0 unspecified atom stereocenters. The smallest absolute Gasteiger partial charge is 0.264 e. The number of benzene rings is 1. The van der Waals surface area contributed by atoms with Crippen molar-refractivity contribution in [3.63, 3.8) is 0 Å². The number of carbonyl (C=O) groups is 1. The predicted molar refractivity (Wildman–Crippen MR) is 71.1 cm³/mol. The third kappa shape index (κ3) is 2.23.